The van der Waals surface area contributed by atoms with Gasteiger partial charge in [0.25, 0.3) is 5.91 Å². The van der Waals surface area contributed by atoms with Crippen LogP contribution in [0.25, 0.3) is 0 Å². The maximum Gasteiger partial charge on any atom is 0.324 e. The fourth-order valence-corrected chi connectivity index (χ4v) is 4.06. The van der Waals surface area contributed by atoms with E-state index in [9.17, 15) is 19.2 Å². The van der Waals surface area contributed by atoms with Gasteiger partial charge in [0.05, 0.1) is 18.8 Å². The largest absolute Gasteiger partial charge is 0.329 e. The first-order valence-corrected chi connectivity index (χ1v) is 10.0. The Bertz CT molecular complexity index is 1010. The van der Waals surface area contributed by atoms with E-state index in [1.807, 2.05) is 6.07 Å². The minimum absolute atomic E-state index is 0.0216. The Morgan fingerprint density at radius 3 is 2.76 bits per heavy atom. The van der Waals surface area contributed by atoms with Gasteiger partial charge in [-0.05, 0) is 29.8 Å². The molecular weight excluding hydrogens is 392 g/mol. The van der Waals surface area contributed by atoms with Crippen LogP contribution in [0.4, 0.5) is 16.2 Å². The number of nitrogens with zero attached hydrogens (tertiary/aromatic N) is 1. The zero-order valence-corrected chi connectivity index (χ0v) is 16.2. The summed E-state index contributed by atoms with van der Waals surface area (Å²) in [6.45, 7) is 0.0459. The molecule has 0 aromatic heterocycles. The third-order valence-electron chi connectivity index (χ3n) is 4.63. The highest BCUT2D eigenvalue weighted by atomic mass is 32.2. The van der Waals surface area contributed by atoms with Crippen molar-refractivity contribution >= 4 is 46.9 Å². The first-order chi connectivity index (χ1) is 14.0. The zero-order chi connectivity index (χ0) is 20.4. The van der Waals surface area contributed by atoms with E-state index in [0.29, 0.717) is 34.7 Å². The van der Waals surface area contributed by atoms with Crippen LogP contribution >= 0.6 is 11.8 Å². The number of nitrogens with one attached hydrogen (secondary N) is 3. The summed E-state index contributed by atoms with van der Waals surface area (Å²) in [6.07, 6.45) is 0.428. The van der Waals surface area contributed by atoms with Crippen molar-refractivity contribution in [2.75, 3.05) is 22.9 Å². The van der Waals surface area contributed by atoms with Gasteiger partial charge in [-0.3, -0.25) is 19.3 Å². The summed E-state index contributed by atoms with van der Waals surface area (Å²) < 4.78 is 0. The average Bonchev–Trinajstić information content (AvgIpc) is 2.90. The van der Waals surface area contributed by atoms with Crippen LogP contribution in [0.1, 0.15) is 22.3 Å². The Morgan fingerprint density at radius 1 is 1.14 bits per heavy atom. The molecule has 0 radical (unpaired) electrons. The van der Waals surface area contributed by atoms with E-state index in [1.54, 1.807) is 48.2 Å². The molecule has 0 unspecified atom stereocenters. The standard InChI is InChI=1S/C20H18N4O4S/c25-17-7-8-29-16-6-5-12(9-15(16)22-17)19(27)23-14-4-2-1-3-13(14)11-24-18(26)10-21-20(24)28/h1-6,9H,7-8,10-11H2,(H,21,28)(H,22,25)(H,23,27). The lowest BCUT2D eigenvalue weighted by atomic mass is 10.1. The molecule has 0 aliphatic carbocycles. The van der Waals surface area contributed by atoms with Crippen LogP contribution in [0, 0.1) is 0 Å². The topological polar surface area (TPSA) is 108 Å². The summed E-state index contributed by atoms with van der Waals surface area (Å²) in [5, 5.41) is 8.14. The summed E-state index contributed by atoms with van der Waals surface area (Å²) in [5.74, 6) is -0.0376. The van der Waals surface area contributed by atoms with Gasteiger partial charge in [-0.25, -0.2) is 4.79 Å². The fourth-order valence-electron chi connectivity index (χ4n) is 3.12. The highest BCUT2D eigenvalue weighted by molar-refractivity contribution is 7.99. The number of hydrogen-bond acceptors (Lipinski definition) is 5. The van der Waals surface area contributed by atoms with Gasteiger partial charge < -0.3 is 16.0 Å². The van der Waals surface area contributed by atoms with Crippen molar-refractivity contribution in [2.45, 2.75) is 17.9 Å². The van der Waals surface area contributed by atoms with E-state index in [-0.39, 0.29) is 30.8 Å². The number of carbonyl (C=O) groups excluding carboxylic acids is 4. The molecule has 9 heteroatoms. The highest BCUT2D eigenvalue weighted by Gasteiger charge is 2.29. The van der Waals surface area contributed by atoms with Gasteiger partial charge in [0.1, 0.15) is 0 Å². The number of urea groups is 1. The van der Waals surface area contributed by atoms with Gasteiger partial charge >= 0.3 is 6.03 Å². The Kier molecular flexibility index (Phi) is 5.22. The van der Waals surface area contributed by atoms with E-state index >= 15 is 0 Å². The maximum atomic E-state index is 12.8. The molecular formula is C20H18N4O4S. The van der Waals surface area contributed by atoms with Crippen molar-refractivity contribution in [3.8, 4) is 0 Å². The molecule has 5 amide bonds. The first kappa shape index (κ1) is 19.0. The molecule has 29 heavy (non-hydrogen) atoms. The summed E-state index contributed by atoms with van der Waals surface area (Å²) in [5.41, 5.74) is 2.18. The van der Waals surface area contributed by atoms with Gasteiger partial charge in [-0.1, -0.05) is 18.2 Å². The lowest BCUT2D eigenvalue weighted by Gasteiger charge is -2.16. The van der Waals surface area contributed by atoms with Crippen LogP contribution in [0.3, 0.4) is 0 Å². The number of carbonyl (C=O) groups is 4. The monoisotopic (exact) mass is 410 g/mol. The molecule has 0 saturated carbocycles. The van der Waals surface area contributed by atoms with Crippen LogP contribution in [0.15, 0.2) is 47.4 Å². The fraction of sp³-hybridized carbons (Fsp3) is 0.200. The number of rotatable bonds is 4. The average molecular weight is 410 g/mol. The second-order valence-electron chi connectivity index (χ2n) is 6.61. The third-order valence-corrected chi connectivity index (χ3v) is 5.71. The molecule has 3 N–H and O–H groups in total. The van der Waals surface area contributed by atoms with Crippen molar-refractivity contribution in [1.29, 1.82) is 0 Å². The molecule has 2 aliphatic heterocycles. The predicted octanol–water partition coefficient (Wildman–Crippen LogP) is 2.42. The second-order valence-corrected chi connectivity index (χ2v) is 7.74. The van der Waals surface area contributed by atoms with Crippen LogP contribution in [0.2, 0.25) is 0 Å². The number of anilines is 2. The molecule has 2 aromatic carbocycles. The number of imide groups is 1. The van der Waals surface area contributed by atoms with Crippen LogP contribution in [-0.2, 0) is 16.1 Å². The van der Waals surface area contributed by atoms with E-state index in [4.69, 9.17) is 0 Å². The summed E-state index contributed by atoms with van der Waals surface area (Å²) in [7, 11) is 0. The lowest BCUT2D eigenvalue weighted by molar-refractivity contribution is -0.125. The Morgan fingerprint density at radius 2 is 1.97 bits per heavy atom. The first-order valence-electron chi connectivity index (χ1n) is 9.05. The number of amides is 5. The van der Waals surface area contributed by atoms with E-state index in [1.165, 1.54) is 0 Å². The van der Waals surface area contributed by atoms with Crippen LogP contribution in [0.5, 0.6) is 0 Å². The smallest absolute Gasteiger partial charge is 0.324 e. The Hall–Kier alpha value is -3.33. The zero-order valence-electron chi connectivity index (χ0n) is 15.4. The number of thioether (sulfide) groups is 1. The summed E-state index contributed by atoms with van der Waals surface area (Å²) in [6, 6.07) is 11.7. The molecule has 2 aromatic rings. The van der Waals surface area contributed by atoms with Gasteiger partial charge in [0.15, 0.2) is 0 Å². The Labute approximate surface area is 171 Å². The van der Waals surface area contributed by atoms with Gasteiger partial charge in [0, 0.05) is 28.3 Å². The number of hydrogen-bond donors (Lipinski definition) is 3. The van der Waals surface area contributed by atoms with Gasteiger partial charge in [-0.2, -0.15) is 0 Å². The normalized spacial score (nSPS) is 16.0. The number of para-hydroxylation sites is 1. The summed E-state index contributed by atoms with van der Waals surface area (Å²) >= 11 is 1.57. The molecule has 0 atom stereocenters. The van der Waals surface area contributed by atoms with E-state index in [2.05, 4.69) is 16.0 Å². The number of fused-ring (bicyclic) bond motifs is 1. The van der Waals surface area contributed by atoms with Crippen LogP contribution < -0.4 is 16.0 Å². The van der Waals surface area contributed by atoms with E-state index < -0.39 is 6.03 Å². The summed E-state index contributed by atoms with van der Waals surface area (Å²) in [4.78, 5) is 50.3. The van der Waals surface area contributed by atoms with Crippen molar-refractivity contribution in [1.82, 2.24) is 10.2 Å². The molecule has 0 spiro atoms. The third kappa shape index (κ3) is 4.09. The SMILES string of the molecule is O=C1CCSc2ccc(C(=O)Nc3ccccc3CN3C(=O)CNC3=O)cc2N1. The van der Waals surface area contributed by atoms with Gasteiger partial charge in [-0.15, -0.1) is 11.8 Å². The van der Waals surface area contributed by atoms with Gasteiger partial charge in [0.2, 0.25) is 11.8 Å². The van der Waals surface area contributed by atoms with E-state index in [0.717, 1.165) is 9.80 Å². The molecule has 148 valence electrons. The molecule has 1 saturated heterocycles. The molecule has 2 aliphatic rings. The number of benzene rings is 2. The predicted molar refractivity (Wildman–Crippen MR) is 109 cm³/mol. The Balaban J connectivity index is 1.54. The minimum Gasteiger partial charge on any atom is -0.329 e. The molecule has 2 heterocycles. The van der Waals surface area contributed by atoms with Crippen molar-refractivity contribution in [3.63, 3.8) is 0 Å². The van der Waals surface area contributed by atoms with Crippen molar-refractivity contribution in [3.05, 3.63) is 53.6 Å². The van der Waals surface area contributed by atoms with Crippen molar-refractivity contribution in [2.24, 2.45) is 0 Å². The quantitative estimate of drug-likeness (QED) is 0.671. The molecule has 4 rings (SSSR count). The lowest BCUT2D eigenvalue weighted by Crippen LogP contribution is -2.30. The van der Waals surface area contributed by atoms with Crippen LogP contribution in [-0.4, -0.2) is 41.0 Å². The minimum atomic E-state index is -0.449. The maximum absolute atomic E-state index is 12.8. The molecule has 1 fully saturated rings. The molecule has 8 nitrogen and oxygen atoms in total. The second kappa shape index (κ2) is 7.96. The van der Waals surface area contributed by atoms with Crippen molar-refractivity contribution < 1.29 is 19.2 Å². The molecule has 0 bridgehead atoms. The highest BCUT2D eigenvalue weighted by Crippen LogP contribution is 2.31.